The van der Waals surface area contributed by atoms with Gasteiger partial charge in [-0.1, -0.05) is 30.3 Å². The lowest BCUT2D eigenvalue weighted by Crippen LogP contribution is -1.92. The summed E-state index contributed by atoms with van der Waals surface area (Å²) in [6.07, 6.45) is 0. The Morgan fingerprint density at radius 3 is 2.65 bits per heavy atom. The summed E-state index contributed by atoms with van der Waals surface area (Å²) in [7, 11) is 0. The molecule has 0 aliphatic heterocycles. The van der Waals surface area contributed by atoms with Gasteiger partial charge in [0, 0.05) is 21.9 Å². The number of aryl methyl sites for hydroxylation is 1. The predicted octanol–water partition coefficient (Wildman–Crippen LogP) is 3.54. The summed E-state index contributed by atoms with van der Waals surface area (Å²) in [6.45, 7) is 1.75. The quantitative estimate of drug-likeness (QED) is 0.509. The first kappa shape index (κ1) is 9.84. The number of nitro groups is 1. The first-order chi connectivity index (χ1) is 8.18. The van der Waals surface area contributed by atoms with E-state index in [2.05, 4.69) is 4.98 Å². The molecule has 0 radical (unpaired) electrons. The summed E-state index contributed by atoms with van der Waals surface area (Å²) in [4.78, 5) is 13.9. The zero-order chi connectivity index (χ0) is 12.0. The molecule has 2 aromatic carbocycles. The Balaban J connectivity index is 2.56. The Bertz CT molecular complexity index is 744. The lowest BCUT2D eigenvalue weighted by Gasteiger charge is -1.97. The zero-order valence-corrected chi connectivity index (χ0v) is 9.23. The molecule has 0 spiro atoms. The van der Waals surface area contributed by atoms with E-state index in [4.69, 9.17) is 0 Å². The van der Waals surface area contributed by atoms with Crippen LogP contribution in [-0.2, 0) is 0 Å². The third-order valence-corrected chi connectivity index (χ3v) is 3.04. The SMILES string of the molecule is Cc1ccc2c([nH]c3ccccc32)c1[N+](=O)[O-]. The minimum absolute atomic E-state index is 0.165. The van der Waals surface area contributed by atoms with Gasteiger partial charge in [0.2, 0.25) is 0 Å². The van der Waals surface area contributed by atoms with Crippen LogP contribution in [0.2, 0.25) is 0 Å². The fourth-order valence-electron chi connectivity index (χ4n) is 2.24. The maximum absolute atomic E-state index is 11.1. The van der Waals surface area contributed by atoms with Gasteiger partial charge < -0.3 is 4.98 Å². The van der Waals surface area contributed by atoms with Crippen molar-refractivity contribution in [3.8, 4) is 0 Å². The molecule has 0 unspecified atom stereocenters. The Kier molecular flexibility index (Phi) is 1.92. The molecular formula is C13H10N2O2. The van der Waals surface area contributed by atoms with Crippen molar-refractivity contribution in [2.75, 3.05) is 0 Å². The van der Waals surface area contributed by atoms with E-state index < -0.39 is 0 Å². The predicted molar refractivity (Wildman–Crippen MR) is 67.2 cm³/mol. The lowest BCUT2D eigenvalue weighted by molar-refractivity contribution is -0.383. The summed E-state index contributed by atoms with van der Waals surface area (Å²) in [6, 6.07) is 11.5. The number of hydrogen-bond acceptors (Lipinski definition) is 2. The molecule has 0 amide bonds. The molecule has 0 saturated heterocycles. The van der Waals surface area contributed by atoms with Gasteiger partial charge in [0.05, 0.1) is 4.92 Å². The Hall–Kier alpha value is -2.36. The van der Waals surface area contributed by atoms with Gasteiger partial charge in [-0.15, -0.1) is 0 Å². The van der Waals surface area contributed by atoms with Gasteiger partial charge in [0.1, 0.15) is 5.52 Å². The molecule has 0 bridgehead atoms. The molecule has 0 aliphatic carbocycles. The second-order valence-electron chi connectivity index (χ2n) is 4.08. The van der Waals surface area contributed by atoms with Gasteiger partial charge in [0.15, 0.2) is 0 Å². The highest BCUT2D eigenvalue weighted by atomic mass is 16.6. The lowest BCUT2D eigenvalue weighted by atomic mass is 10.1. The number of rotatable bonds is 1. The van der Waals surface area contributed by atoms with Crippen LogP contribution in [0.3, 0.4) is 0 Å². The average Bonchev–Trinajstić information content (AvgIpc) is 2.66. The molecule has 4 heteroatoms. The Labute approximate surface area is 97.0 Å². The van der Waals surface area contributed by atoms with Crippen LogP contribution >= 0.6 is 0 Å². The van der Waals surface area contributed by atoms with Gasteiger partial charge in [0.25, 0.3) is 5.69 Å². The third kappa shape index (κ3) is 1.30. The summed E-state index contributed by atoms with van der Waals surface area (Å²) < 4.78 is 0. The molecule has 0 aliphatic rings. The van der Waals surface area contributed by atoms with Gasteiger partial charge in [-0.3, -0.25) is 10.1 Å². The largest absolute Gasteiger partial charge is 0.349 e. The highest BCUT2D eigenvalue weighted by molar-refractivity contribution is 6.10. The van der Waals surface area contributed by atoms with Crippen LogP contribution in [0.25, 0.3) is 21.8 Å². The number of hydrogen-bond donors (Lipinski definition) is 1. The number of para-hydroxylation sites is 1. The number of fused-ring (bicyclic) bond motifs is 3. The molecule has 3 rings (SSSR count). The number of nitro benzene ring substituents is 1. The van der Waals surface area contributed by atoms with Crippen LogP contribution in [0.15, 0.2) is 36.4 Å². The summed E-state index contributed by atoms with van der Waals surface area (Å²) in [5, 5.41) is 13.0. The number of H-pyrrole nitrogens is 1. The van der Waals surface area contributed by atoms with Gasteiger partial charge in [-0.25, -0.2) is 0 Å². The summed E-state index contributed by atoms with van der Waals surface area (Å²) in [5.41, 5.74) is 2.38. The first-order valence-electron chi connectivity index (χ1n) is 5.33. The minimum atomic E-state index is -0.326. The van der Waals surface area contributed by atoms with Crippen molar-refractivity contribution in [3.05, 3.63) is 52.1 Å². The van der Waals surface area contributed by atoms with Gasteiger partial charge >= 0.3 is 0 Å². The molecule has 84 valence electrons. The van der Waals surface area contributed by atoms with E-state index in [0.717, 1.165) is 16.3 Å². The van der Waals surface area contributed by atoms with Crippen molar-refractivity contribution in [1.29, 1.82) is 0 Å². The topological polar surface area (TPSA) is 58.9 Å². The fraction of sp³-hybridized carbons (Fsp3) is 0.0769. The normalized spacial score (nSPS) is 11.1. The van der Waals surface area contributed by atoms with Crippen LogP contribution in [0.5, 0.6) is 0 Å². The summed E-state index contributed by atoms with van der Waals surface area (Å²) >= 11 is 0. The third-order valence-electron chi connectivity index (χ3n) is 3.04. The van der Waals surface area contributed by atoms with Crippen molar-refractivity contribution in [1.82, 2.24) is 4.98 Å². The van der Waals surface area contributed by atoms with Gasteiger partial charge in [-0.05, 0) is 13.0 Å². The molecule has 4 nitrogen and oxygen atoms in total. The Morgan fingerprint density at radius 1 is 1.12 bits per heavy atom. The molecule has 0 atom stereocenters. The second-order valence-corrected chi connectivity index (χ2v) is 4.08. The highest BCUT2D eigenvalue weighted by Crippen LogP contribution is 2.33. The average molecular weight is 226 g/mol. The number of aromatic nitrogens is 1. The molecule has 1 aromatic heterocycles. The Morgan fingerprint density at radius 2 is 1.88 bits per heavy atom. The first-order valence-corrected chi connectivity index (χ1v) is 5.33. The van der Waals surface area contributed by atoms with Crippen LogP contribution in [0.4, 0.5) is 5.69 Å². The van der Waals surface area contributed by atoms with E-state index in [9.17, 15) is 10.1 Å². The van der Waals surface area contributed by atoms with Crippen LogP contribution in [-0.4, -0.2) is 9.91 Å². The molecule has 3 aromatic rings. The van der Waals surface area contributed by atoms with Crippen molar-refractivity contribution in [3.63, 3.8) is 0 Å². The van der Waals surface area contributed by atoms with Crippen molar-refractivity contribution in [2.45, 2.75) is 6.92 Å². The van der Waals surface area contributed by atoms with E-state index in [-0.39, 0.29) is 10.6 Å². The smallest absolute Gasteiger partial charge is 0.296 e. The van der Waals surface area contributed by atoms with E-state index in [1.165, 1.54) is 0 Å². The molecule has 17 heavy (non-hydrogen) atoms. The standard InChI is InChI=1S/C13H10N2O2/c1-8-6-7-10-9-4-2-3-5-11(9)14-12(10)13(8)15(16)17/h2-7,14H,1H3. The molecule has 0 saturated carbocycles. The van der Waals surface area contributed by atoms with E-state index >= 15 is 0 Å². The number of benzene rings is 2. The molecule has 1 heterocycles. The molecular weight excluding hydrogens is 216 g/mol. The van der Waals surface area contributed by atoms with Crippen LogP contribution in [0.1, 0.15) is 5.56 Å². The second kappa shape index (κ2) is 3.31. The van der Waals surface area contributed by atoms with E-state index in [1.54, 1.807) is 13.0 Å². The van der Waals surface area contributed by atoms with Crippen LogP contribution in [0, 0.1) is 17.0 Å². The fourth-order valence-corrected chi connectivity index (χ4v) is 2.24. The van der Waals surface area contributed by atoms with Gasteiger partial charge in [-0.2, -0.15) is 0 Å². The highest BCUT2D eigenvalue weighted by Gasteiger charge is 2.18. The van der Waals surface area contributed by atoms with E-state index in [1.807, 2.05) is 30.3 Å². The maximum atomic E-state index is 11.1. The summed E-state index contributed by atoms with van der Waals surface area (Å²) in [5.74, 6) is 0. The number of nitrogens with one attached hydrogen (secondary N) is 1. The monoisotopic (exact) mass is 226 g/mol. The van der Waals surface area contributed by atoms with Crippen molar-refractivity contribution >= 4 is 27.5 Å². The van der Waals surface area contributed by atoms with E-state index in [0.29, 0.717) is 11.1 Å². The molecule has 0 fully saturated rings. The van der Waals surface area contributed by atoms with Crippen molar-refractivity contribution in [2.24, 2.45) is 0 Å². The number of nitrogens with zero attached hydrogens (tertiary/aromatic N) is 1. The zero-order valence-electron chi connectivity index (χ0n) is 9.23. The van der Waals surface area contributed by atoms with Crippen LogP contribution < -0.4 is 0 Å². The minimum Gasteiger partial charge on any atom is -0.349 e. The maximum Gasteiger partial charge on any atom is 0.296 e. The molecule has 1 N–H and O–H groups in total. The van der Waals surface area contributed by atoms with Crippen molar-refractivity contribution < 1.29 is 4.92 Å². The number of aromatic amines is 1.